The van der Waals surface area contributed by atoms with Gasteiger partial charge in [0.2, 0.25) is 0 Å². The van der Waals surface area contributed by atoms with Gasteiger partial charge in [0.1, 0.15) is 0 Å². The third kappa shape index (κ3) is 1.98. The Kier molecular flexibility index (Phi) is 3.18. The van der Waals surface area contributed by atoms with Gasteiger partial charge < -0.3 is 5.73 Å². The Morgan fingerprint density at radius 2 is 2.50 bits per heavy atom. The summed E-state index contributed by atoms with van der Waals surface area (Å²) >= 11 is 1.81. The average molecular weight is 212 g/mol. The van der Waals surface area contributed by atoms with E-state index in [1.807, 2.05) is 5.06 Å². The average Bonchev–Trinajstić information content (AvgIpc) is 2.79. The third-order valence-corrected chi connectivity index (χ3v) is 3.54. The molecule has 0 bridgehead atoms. The third-order valence-electron chi connectivity index (χ3n) is 2.44. The Hall–Kier alpha value is -0.420. The summed E-state index contributed by atoms with van der Waals surface area (Å²) in [4.78, 5) is 8.17. The summed E-state index contributed by atoms with van der Waals surface area (Å²) in [6, 6.07) is 4.54. The van der Waals surface area contributed by atoms with Crippen molar-refractivity contribution in [2.24, 2.45) is 5.73 Å². The molecular weight excluding hydrogens is 196 g/mol. The van der Waals surface area contributed by atoms with Crippen LogP contribution in [0.5, 0.6) is 0 Å². The fourth-order valence-corrected chi connectivity index (χ4v) is 2.71. The molecule has 0 radical (unpaired) electrons. The molecule has 1 unspecified atom stereocenters. The van der Waals surface area contributed by atoms with Crippen molar-refractivity contribution in [2.45, 2.75) is 19.4 Å². The second kappa shape index (κ2) is 4.40. The largest absolute Gasteiger partial charge is 0.328 e. The lowest BCUT2D eigenvalue weighted by Gasteiger charge is -2.23. The van der Waals surface area contributed by atoms with Gasteiger partial charge in [-0.15, -0.1) is 11.3 Å². The molecule has 0 aromatic carbocycles. The van der Waals surface area contributed by atoms with Crippen LogP contribution in [-0.4, -0.2) is 24.8 Å². The summed E-state index contributed by atoms with van der Waals surface area (Å²) in [5, 5.41) is 2.02. The van der Waals surface area contributed by atoms with E-state index in [0.717, 1.165) is 19.6 Å². The minimum Gasteiger partial charge on any atom is -0.328 e. The van der Waals surface area contributed by atoms with Crippen LogP contribution in [0.4, 0.5) is 0 Å². The van der Waals surface area contributed by atoms with Gasteiger partial charge in [0.05, 0.1) is 12.6 Å². The molecule has 2 heterocycles. The SMILES string of the molecule is Cc1ccc(C(CN)N2CCCO2)s1. The molecule has 1 saturated heterocycles. The molecule has 0 amide bonds. The maximum absolute atomic E-state index is 5.78. The minimum absolute atomic E-state index is 0.246. The normalized spacial score (nSPS) is 20.1. The Labute approximate surface area is 88.4 Å². The van der Waals surface area contributed by atoms with E-state index in [0.29, 0.717) is 6.54 Å². The molecule has 1 aromatic heterocycles. The smallest absolute Gasteiger partial charge is 0.0816 e. The van der Waals surface area contributed by atoms with Gasteiger partial charge in [-0.1, -0.05) is 0 Å². The van der Waals surface area contributed by atoms with Crippen molar-refractivity contribution in [3.05, 3.63) is 21.9 Å². The van der Waals surface area contributed by atoms with E-state index >= 15 is 0 Å². The first-order valence-electron chi connectivity index (χ1n) is 4.97. The maximum atomic E-state index is 5.78. The zero-order valence-corrected chi connectivity index (χ0v) is 9.22. The number of rotatable bonds is 3. The van der Waals surface area contributed by atoms with Crippen molar-refractivity contribution >= 4 is 11.3 Å². The number of nitrogens with two attached hydrogens (primary N) is 1. The summed E-state index contributed by atoms with van der Waals surface area (Å²) in [6.07, 6.45) is 1.11. The van der Waals surface area contributed by atoms with Crippen molar-refractivity contribution in [2.75, 3.05) is 19.7 Å². The molecule has 1 aromatic rings. The van der Waals surface area contributed by atoms with Crippen molar-refractivity contribution in [1.82, 2.24) is 5.06 Å². The van der Waals surface area contributed by atoms with Gasteiger partial charge in [-0.2, -0.15) is 5.06 Å². The summed E-state index contributed by atoms with van der Waals surface area (Å²) in [7, 11) is 0. The van der Waals surface area contributed by atoms with Gasteiger partial charge in [-0.3, -0.25) is 4.84 Å². The van der Waals surface area contributed by atoms with E-state index in [4.69, 9.17) is 10.6 Å². The number of thiophene rings is 1. The lowest BCUT2D eigenvalue weighted by molar-refractivity contribution is -0.139. The molecule has 2 N–H and O–H groups in total. The molecule has 14 heavy (non-hydrogen) atoms. The molecule has 1 fully saturated rings. The lowest BCUT2D eigenvalue weighted by Crippen LogP contribution is -2.29. The van der Waals surface area contributed by atoms with Gasteiger partial charge >= 0.3 is 0 Å². The standard InChI is InChI=1S/C10H16N2OS/c1-8-3-4-10(14-8)9(7-11)12-5-2-6-13-12/h3-4,9H,2,5-7,11H2,1H3. The monoisotopic (exact) mass is 212 g/mol. The molecule has 2 rings (SSSR count). The molecule has 78 valence electrons. The number of hydrogen-bond donors (Lipinski definition) is 1. The molecule has 3 nitrogen and oxygen atoms in total. The Morgan fingerprint density at radius 1 is 1.64 bits per heavy atom. The predicted molar refractivity (Wildman–Crippen MR) is 58.1 cm³/mol. The molecule has 0 saturated carbocycles. The molecule has 1 atom stereocenters. The van der Waals surface area contributed by atoms with Gasteiger partial charge in [-0.05, 0) is 25.5 Å². The van der Waals surface area contributed by atoms with Crippen LogP contribution >= 0.6 is 11.3 Å². The van der Waals surface area contributed by atoms with E-state index in [1.54, 1.807) is 11.3 Å². The van der Waals surface area contributed by atoms with Crippen LogP contribution in [0.2, 0.25) is 0 Å². The van der Waals surface area contributed by atoms with Crippen LogP contribution in [0.25, 0.3) is 0 Å². The van der Waals surface area contributed by atoms with Crippen LogP contribution in [0.3, 0.4) is 0 Å². The molecule has 4 heteroatoms. The Bertz CT molecular complexity index is 294. The van der Waals surface area contributed by atoms with Crippen LogP contribution < -0.4 is 5.73 Å². The fourth-order valence-electron chi connectivity index (χ4n) is 1.72. The summed E-state index contributed by atoms with van der Waals surface area (Å²) in [6.45, 7) is 4.58. The first-order valence-corrected chi connectivity index (χ1v) is 5.79. The van der Waals surface area contributed by atoms with Crippen LogP contribution in [0.1, 0.15) is 22.2 Å². The highest BCUT2D eigenvalue weighted by molar-refractivity contribution is 7.12. The highest BCUT2D eigenvalue weighted by Gasteiger charge is 2.24. The van der Waals surface area contributed by atoms with Crippen LogP contribution in [0.15, 0.2) is 12.1 Å². The molecule has 1 aliphatic rings. The van der Waals surface area contributed by atoms with E-state index in [1.165, 1.54) is 9.75 Å². The van der Waals surface area contributed by atoms with Gasteiger partial charge in [0.15, 0.2) is 0 Å². The van der Waals surface area contributed by atoms with E-state index in [-0.39, 0.29) is 6.04 Å². The van der Waals surface area contributed by atoms with Crippen LogP contribution in [0, 0.1) is 6.92 Å². The zero-order chi connectivity index (χ0) is 9.97. The first kappa shape index (κ1) is 10.1. The maximum Gasteiger partial charge on any atom is 0.0816 e. The van der Waals surface area contributed by atoms with E-state index < -0.39 is 0 Å². The highest BCUT2D eigenvalue weighted by Crippen LogP contribution is 2.28. The van der Waals surface area contributed by atoms with Gasteiger partial charge in [0.25, 0.3) is 0 Å². The molecule has 1 aliphatic heterocycles. The first-order chi connectivity index (χ1) is 6.81. The molecular formula is C10H16N2OS. The fraction of sp³-hybridized carbons (Fsp3) is 0.600. The zero-order valence-electron chi connectivity index (χ0n) is 8.40. The minimum atomic E-state index is 0.246. The van der Waals surface area contributed by atoms with Gasteiger partial charge in [0, 0.05) is 22.8 Å². The Balaban J connectivity index is 2.12. The molecule has 0 aliphatic carbocycles. The number of hydroxylamine groups is 2. The topological polar surface area (TPSA) is 38.5 Å². The van der Waals surface area contributed by atoms with E-state index in [9.17, 15) is 0 Å². The quantitative estimate of drug-likeness (QED) is 0.828. The predicted octanol–water partition coefficient (Wildman–Crippen LogP) is 1.69. The number of nitrogens with zero attached hydrogens (tertiary/aromatic N) is 1. The lowest BCUT2D eigenvalue weighted by atomic mass is 10.2. The van der Waals surface area contributed by atoms with Crippen molar-refractivity contribution in [1.29, 1.82) is 0 Å². The molecule has 0 spiro atoms. The highest BCUT2D eigenvalue weighted by atomic mass is 32.1. The second-order valence-corrected chi connectivity index (χ2v) is 4.85. The summed E-state index contributed by atoms with van der Waals surface area (Å²) < 4.78 is 0. The van der Waals surface area contributed by atoms with Crippen molar-refractivity contribution in [3.8, 4) is 0 Å². The van der Waals surface area contributed by atoms with Crippen molar-refractivity contribution < 1.29 is 4.84 Å². The van der Waals surface area contributed by atoms with E-state index in [2.05, 4.69) is 19.1 Å². The number of aryl methyl sites for hydroxylation is 1. The summed E-state index contributed by atoms with van der Waals surface area (Å²) in [5.41, 5.74) is 5.78. The summed E-state index contributed by atoms with van der Waals surface area (Å²) in [5.74, 6) is 0. The second-order valence-electron chi connectivity index (χ2n) is 3.53. The van der Waals surface area contributed by atoms with Crippen molar-refractivity contribution in [3.63, 3.8) is 0 Å². The van der Waals surface area contributed by atoms with Crippen LogP contribution in [-0.2, 0) is 4.84 Å². The number of hydrogen-bond acceptors (Lipinski definition) is 4. The van der Waals surface area contributed by atoms with Gasteiger partial charge in [-0.25, -0.2) is 0 Å². The Morgan fingerprint density at radius 3 is 3.00 bits per heavy atom.